The molecule has 1 heterocycles. The summed E-state index contributed by atoms with van der Waals surface area (Å²) in [5.41, 5.74) is -1.46. The Morgan fingerprint density at radius 1 is 1.33 bits per heavy atom. The summed E-state index contributed by atoms with van der Waals surface area (Å²) in [6.07, 6.45) is 5.58. The highest BCUT2D eigenvalue weighted by atomic mass is 16.2. The van der Waals surface area contributed by atoms with E-state index in [4.69, 9.17) is 0 Å². The molecule has 0 aromatic carbocycles. The third-order valence-corrected chi connectivity index (χ3v) is 4.63. The molecule has 0 N–H and O–H groups in total. The number of nitriles is 1. The predicted molar refractivity (Wildman–Crippen MR) is 66.3 cm³/mol. The minimum Gasteiger partial charge on any atom is -0.274 e. The van der Waals surface area contributed by atoms with E-state index >= 15 is 0 Å². The summed E-state index contributed by atoms with van der Waals surface area (Å²) in [6.45, 7) is 3.53. The van der Waals surface area contributed by atoms with E-state index in [-0.39, 0.29) is 11.8 Å². The molecule has 2 fully saturated rings. The van der Waals surface area contributed by atoms with Crippen LogP contribution in [0.2, 0.25) is 0 Å². The van der Waals surface area contributed by atoms with Gasteiger partial charge in [0.2, 0.25) is 11.8 Å². The van der Waals surface area contributed by atoms with Gasteiger partial charge in [-0.25, -0.2) is 0 Å². The Labute approximate surface area is 108 Å². The second kappa shape index (κ2) is 4.38. The number of hydrogen-bond acceptors (Lipinski definition) is 3. The van der Waals surface area contributed by atoms with Crippen LogP contribution in [0.5, 0.6) is 0 Å². The molecule has 2 amide bonds. The van der Waals surface area contributed by atoms with Gasteiger partial charge in [0.05, 0.1) is 11.5 Å². The largest absolute Gasteiger partial charge is 0.274 e. The van der Waals surface area contributed by atoms with Crippen molar-refractivity contribution >= 4 is 11.8 Å². The second-order valence-corrected chi connectivity index (χ2v) is 5.79. The van der Waals surface area contributed by atoms with Gasteiger partial charge in [0, 0.05) is 6.42 Å². The number of imide groups is 1. The van der Waals surface area contributed by atoms with E-state index in [1.165, 1.54) is 4.90 Å². The van der Waals surface area contributed by atoms with E-state index in [9.17, 15) is 14.9 Å². The van der Waals surface area contributed by atoms with Crippen molar-refractivity contribution in [1.82, 2.24) is 4.90 Å². The van der Waals surface area contributed by atoms with E-state index < -0.39 is 11.0 Å². The summed E-state index contributed by atoms with van der Waals surface area (Å²) in [4.78, 5) is 26.0. The zero-order chi connectivity index (χ0) is 13.4. The first-order valence-electron chi connectivity index (χ1n) is 6.78. The van der Waals surface area contributed by atoms with E-state index in [2.05, 4.69) is 6.07 Å². The van der Waals surface area contributed by atoms with Crippen LogP contribution in [0.25, 0.3) is 0 Å². The molecule has 98 valence electrons. The lowest BCUT2D eigenvalue weighted by atomic mass is 9.73. The van der Waals surface area contributed by atoms with Gasteiger partial charge in [-0.2, -0.15) is 5.26 Å². The summed E-state index contributed by atoms with van der Waals surface area (Å²) >= 11 is 0. The van der Waals surface area contributed by atoms with Crippen molar-refractivity contribution in [1.29, 1.82) is 5.26 Å². The first kappa shape index (κ1) is 13.1. The maximum Gasteiger partial charge on any atom is 0.237 e. The molecule has 1 unspecified atom stereocenters. The van der Waals surface area contributed by atoms with Crippen LogP contribution in [-0.4, -0.2) is 22.3 Å². The van der Waals surface area contributed by atoms with Gasteiger partial charge in [0.25, 0.3) is 0 Å². The van der Waals surface area contributed by atoms with Crippen molar-refractivity contribution in [3.63, 3.8) is 0 Å². The maximum absolute atomic E-state index is 12.6. The molecule has 4 heteroatoms. The fourth-order valence-corrected chi connectivity index (χ4v) is 3.20. The molecule has 1 spiro atoms. The van der Waals surface area contributed by atoms with E-state index in [0.717, 1.165) is 32.1 Å². The molecule has 0 aromatic heterocycles. The summed E-state index contributed by atoms with van der Waals surface area (Å²) in [7, 11) is 0. The molecule has 1 saturated heterocycles. The number of rotatable bonds is 2. The average molecular weight is 248 g/mol. The van der Waals surface area contributed by atoms with Crippen LogP contribution in [0.15, 0.2) is 0 Å². The SMILES string of the molecule is CCC(C)(C#N)N1C(=O)CC2(CCCCC2)C1=O. The standard InChI is InChI=1S/C14H20N2O2/c1-3-13(2,10-15)16-11(17)9-14(12(16)18)7-5-4-6-8-14/h3-9H2,1-2H3. The lowest BCUT2D eigenvalue weighted by Crippen LogP contribution is -2.50. The fourth-order valence-electron chi connectivity index (χ4n) is 3.20. The van der Waals surface area contributed by atoms with Gasteiger partial charge in [-0.3, -0.25) is 14.5 Å². The molecular weight excluding hydrogens is 228 g/mol. The van der Waals surface area contributed by atoms with Crippen LogP contribution < -0.4 is 0 Å². The van der Waals surface area contributed by atoms with Crippen molar-refractivity contribution in [2.24, 2.45) is 5.41 Å². The lowest BCUT2D eigenvalue weighted by molar-refractivity contribution is -0.146. The normalized spacial score (nSPS) is 26.2. The lowest BCUT2D eigenvalue weighted by Gasteiger charge is -2.34. The highest BCUT2D eigenvalue weighted by Crippen LogP contribution is 2.47. The molecular formula is C14H20N2O2. The molecule has 2 aliphatic rings. The topological polar surface area (TPSA) is 61.2 Å². The zero-order valence-electron chi connectivity index (χ0n) is 11.2. The Hall–Kier alpha value is -1.37. The molecule has 18 heavy (non-hydrogen) atoms. The van der Waals surface area contributed by atoms with Crippen LogP contribution in [0.3, 0.4) is 0 Å². The van der Waals surface area contributed by atoms with E-state index in [1.54, 1.807) is 6.92 Å². The fraction of sp³-hybridized carbons (Fsp3) is 0.786. The summed E-state index contributed by atoms with van der Waals surface area (Å²) in [5, 5.41) is 9.27. The Balaban J connectivity index is 2.33. The third kappa shape index (κ3) is 1.73. The smallest absolute Gasteiger partial charge is 0.237 e. The van der Waals surface area contributed by atoms with Gasteiger partial charge in [-0.15, -0.1) is 0 Å². The maximum atomic E-state index is 12.6. The number of likely N-dealkylation sites (tertiary alicyclic amines) is 1. The number of nitrogens with zero attached hydrogens (tertiary/aromatic N) is 2. The van der Waals surface area contributed by atoms with Crippen LogP contribution >= 0.6 is 0 Å². The van der Waals surface area contributed by atoms with Gasteiger partial charge in [0.15, 0.2) is 0 Å². The van der Waals surface area contributed by atoms with Crippen molar-refractivity contribution in [2.45, 2.75) is 64.3 Å². The van der Waals surface area contributed by atoms with Gasteiger partial charge in [0.1, 0.15) is 5.54 Å². The van der Waals surface area contributed by atoms with Crippen molar-refractivity contribution in [3.8, 4) is 6.07 Å². The summed E-state index contributed by atoms with van der Waals surface area (Å²) in [6, 6.07) is 2.14. The Morgan fingerprint density at radius 3 is 2.44 bits per heavy atom. The molecule has 1 atom stereocenters. The monoisotopic (exact) mass is 248 g/mol. The van der Waals surface area contributed by atoms with Gasteiger partial charge < -0.3 is 0 Å². The molecule has 0 aromatic rings. The van der Waals surface area contributed by atoms with Gasteiger partial charge >= 0.3 is 0 Å². The molecule has 0 radical (unpaired) electrons. The molecule has 0 bridgehead atoms. The highest BCUT2D eigenvalue weighted by molar-refractivity contribution is 6.07. The van der Waals surface area contributed by atoms with Crippen LogP contribution in [0.1, 0.15) is 58.8 Å². The highest BCUT2D eigenvalue weighted by Gasteiger charge is 2.56. The van der Waals surface area contributed by atoms with Crippen molar-refractivity contribution in [2.75, 3.05) is 0 Å². The molecule has 2 rings (SSSR count). The number of carbonyl (C=O) groups is 2. The van der Waals surface area contributed by atoms with Crippen molar-refractivity contribution in [3.05, 3.63) is 0 Å². The zero-order valence-corrected chi connectivity index (χ0v) is 11.2. The number of hydrogen-bond donors (Lipinski definition) is 0. The van der Waals surface area contributed by atoms with Crippen LogP contribution in [0, 0.1) is 16.7 Å². The molecule has 1 saturated carbocycles. The van der Waals surface area contributed by atoms with Crippen LogP contribution in [-0.2, 0) is 9.59 Å². The predicted octanol–water partition coefficient (Wildman–Crippen LogP) is 2.39. The minimum atomic E-state index is -0.977. The van der Waals surface area contributed by atoms with E-state index in [1.807, 2.05) is 6.92 Å². The number of amides is 2. The third-order valence-electron chi connectivity index (χ3n) is 4.63. The van der Waals surface area contributed by atoms with E-state index in [0.29, 0.717) is 12.8 Å². The first-order chi connectivity index (χ1) is 8.49. The minimum absolute atomic E-state index is 0.0990. The quantitative estimate of drug-likeness (QED) is 0.705. The summed E-state index contributed by atoms with van der Waals surface area (Å²) < 4.78 is 0. The summed E-state index contributed by atoms with van der Waals surface area (Å²) in [5.74, 6) is -0.258. The van der Waals surface area contributed by atoms with Crippen molar-refractivity contribution < 1.29 is 9.59 Å². The Morgan fingerprint density at radius 2 is 1.94 bits per heavy atom. The molecule has 1 aliphatic heterocycles. The molecule has 1 aliphatic carbocycles. The van der Waals surface area contributed by atoms with Gasteiger partial charge in [-0.05, 0) is 26.2 Å². The first-order valence-corrected chi connectivity index (χ1v) is 6.78. The Bertz CT molecular complexity index is 418. The Kier molecular flexibility index (Phi) is 3.18. The average Bonchev–Trinajstić information content (AvgIpc) is 2.62. The second-order valence-electron chi connectivity index (χ2n) is 5.79. The van der Waals surface area contributed by atoms with Gasteiger partial charge in [-0.1, -0.05) is 26.2 Å². The van der Waals surface area contributed by atoms with Crippen LogP contribution in [0.4, 0.5) is 0 Å². The molecule has 4 nitrogen and oxygen atoms in total. The number of carbonyl (C=O) groups excluding carboxylic acids is 2.